The van der Waals surface area contributed by atoms with Crippen LogP contribution in [0.2, 0.25) is 0 Å². The number of aromatic nitrogens is 3. The van der Waals surface area contributed by atoms with Crippen LogP contribution in [0.25, 0.3) is 10.8 Å². The average molecular weight is 333 g/mol. The molecule has 0 bridgehead atoms. The SMILES string of the molecule is Cc1nc(C)c(-c2nnc(NC(=O)Nc3ccccc3F)o2)s1. The molecule has 7 nitrogen and oxygen atoms in total. The number of nitrogens with zero attached hydrogens (tertiary/aromatic N) is 3. The van der Waals surface area contributed by atoms with E-state index in [1.54, 1.807) is 6.07 Å². The fourth-order valence-corrected chi connectivity index (χ4v) is 2.75. The Kier molecular flexibility index (Phi) is 4.02. The van der Waals surface area contributed by atoms with Crippen molar-refractivity contribution >= 4 is 29.1 Å². The molecule has 23 heavy (non-hydrogen) atoms. The minimum absolute atomic E-state index is 0.0543. The number of carbonyl (C=O) groups excluding carboxylic acids is 1. The van der Waals surface area contributed by atoms with E-state index in [2.05, 4.69) is 25.8 Å². The molecule has 0 aliphatic heterocycles. The predicted octanol–water partition coefficient (Wildman–Crippen LogP) is 3.59. The smallest absolute Gasteiger partial charge is 0.327 e. The van der Waals surface area contributed by atoms with Gasteiger partial charge in [-0.3, -0.25) is 5.32 Å². The van der Waals surface area contributed by atoms with Crippen molar-refractivity contribution in [2.45, 2.75) is 13.8 Å². The van der Waals surface area contributed by atoms with Crippen LogP contribution in [0.4, 0.5) is 20.9 Å². The van der Waals surface area contributed by atoms with Crippen LogP contribution >= 0.6 is 11.3 Å². The maximum Gasteiger partial charge on any atom is 0.327 e. The van der Waals surface area contributed by atoms with E-state index in [1.165, 1.54) is 29.5 Å². The Labute approximate surface area is 134 Å². The average Bonchev–Trinajstić information content (AvgIpc) is 3.07. The number of halogens is 1. The molecule has 9 heteroatoms. The topological polar surface area (TPSA) is 92.9 Å². The number of hydrogen-bond acceptors (Lipinski definition) is 6. The summed E-state index contributed by atoms with van der Waals surface area (Å²) in [7, 11) is 0. The molecular weight excluding hydrogens is 321 g/mol. The number of thiazole rings is 1. The van der Waals surface area contributed by atoms with Crippen molar-refractivity contribution in [1.29, 1.82) is 0 Å². The van der Waals surface area contributed by atoms with Gasteiger partial charge in [0.2, 0.25) is 0 Å². The van der Waals surface area contributed by atoms with E-state index in [4.69, 9.17) is 4.42 Å². The van der Waals surface area contributed by atoms with E-state index in [9.17, 15) is 9.18 Å². The first-order chi connectivity index (χ1) is 11.0. The number of nitrogens with one attached hydrogen (secondary N) is 2. The van der Waals surface area contributed by atoms with Crippen LogP contribution < -0.4 is 10.6 Å². The molecule has 0 aliphatic rings. The van der Waals surface area contributed by atoms with E-state index in [1.807, 2.05) is 13.8 Å². The Morgan fingerprint density at radius 3 is 2.70 bits per heavy atom. The number of amides is 2. The lowest BCUT2D eigenvalue weighted by atomic mass is 10.3. The second-order valence-electron chi connectivity index (χ2n) is 4.62. The molecule has 0 fully saturated rings. The summed E-state index contributed by atoms with van der Waals surface area (Å²) >= 11 is 1.42. The summed E-state index contributed by atoms with van der Waals surface area (Å²) in [6.45, 7) is 3.71. The first-order valence-corrected chi connectivity index (χ1v) is 7.45. The first-order valence-electron chi connectivity index (χ1n) is 6.63. The zero-order valence-corrected chi connectivity index (χ0v) is 13.1. The van der Waals surface area contributed by atoms with Gasteiger partial charge in [-0.15, -0.1) is 16.4 Å². The van der Waals surface area contributed by atoms with Crippen LogP contribution in [0.5, 0.6) is 0 Å². The lowest BCUT2D eigenvalue weighted by Crippen LogP contribution is -2.20. The van der Waals surface area contributed by atoms with Crippen molar-refractivity contribution in [3.63, 3.8) is 0 Å². The molecule has 2 amide bonds. The fraction of sp³-hybridized carbons (Fsp3) is 0.143. The van der Waals surface area contributed by atoms with Crippen LogP contribution in [0.15, 0.2) is 28.7 Å². The highest BCUT2D eigenvalue weighted by Gasteiger charge is 2.16. The van der Waals surface area contributed by atoms with Gasteiger partial charge in [-0.05, 0) is 26.0 Å². The highest BCUT2D eigenvalue weighted by Crippen LogP contribution is 2.29. The standard InChI is InChI=1S/C14H12FN5O2S/c1-7-11(23-8(2)16-7)12-19-20-14(22-12)18-13(21)17-10-6-4-3-5-9(10)15/h3-6H,1-2H3,(H2,17,18,20,21). The van der Waals surface area contributed by atoms with Crippen LogP contribution in [0.3, 0.4) is 0 Å². The number of anilines is 2. The highest BCUT2D eigenvalue weighted by atomic mass is 32.1. The number of aryl methyl sites for hydroxylation is 2. The molecule has 2 aromatic heterocycles. The van der Waals surface area contributed by atoms with E-state index < -0.39 is 11.8 Å². The Hall–Kier alpha value is -2.81. The molecule has 0 saturated heterocycles. The maximum atomic E-state index is 13.5. The lowest BCUT2D eigenvalue weighted by Gasteiger charge is -2.05. The molecule has 0 spiro atoms. The molecule has 0 radical (unpaired) electrons. The van der Waals surface area contributed by atoms with Gasteiger partial charge in [0.15, 0.2) is 0 Å². The van der Waals surface area contributed by atoms with E-state index >= 15 is 0 Å². The number of para-hydroxylation sites is 1. The molecule has 3 rings (SSSR count). The van der Waals surface area contributed by atoms with Gasteiger partial charge in [0.1, 0.15) is 10.7 Å². The first kappa shape index (κ1) is 15.1. The second-order valence-corrected chi connectivity index (χ2v) is 5.82. The molecule has 0 saturated carbocycles. The Morgan fingerprint density at radius 2 is 2.00 bits per heavy atom. The quantitative estimate of drug-likeness (QED) is 0.764. The molecular formula is C14H12FN5O2S. The normalized spacial score (nSPS) is 10.6. The van der Waals surface area contributed by atoms with Crippen LogP contribution in [-0.4, -0.2) is 21.2 Å². The van der Waals surface area contributed by atoms with Gasteiger partial charge in [0.25, 0.3) is 5.89 Å². The third kappa shape index (κ3) is 3.34. The molecule has 0 aliphatic carbocycles. The summed E-state index contributed by atoms with van der Waals surface area (Å²) in [5.74, 6) is -0.265. The summed E-state index contributed by atoms with van der Waals surface area (Å²) in [5, 5.41) is 13.2. The van der Waals surface area contributed by atoms with Crippen molar-refractivity contribution in [3.05, 3.63) is 40.8 Å². The van der Waals surface area contributed by atoms with Crippen LogP contribution in [-0.2, 0) is 0 Å². The molecule has 1 aromatic carbocycles. The molecule has 3 aromatic rings. The van der Waals surface area contributed by atoms with Crippen molar-refractivity contribution in [3.8, 4) is 10.8 Å². The minimum atomic E-state index is -0.678. The Bertz CT molecular complexity index is 860. The zero-order chi connectivity index (χ0) is 16.4. The third-order valence-electron chi connectivity index (χ3n) is 2.87. The van der Waals surface area contributed by atoms with Crippen LogP contribution in [0.1, 0.15) is 10.7 Å². The van der Waals surface area contributed by atoms with Crippen molar-refractivity contribution in [2.24, 2.45) is 0 Å². The van der Waals surface area contributed by atoms with Gasteiger partial charge >= 0.3 is 12.0 Å². The van der Waals surface area contributed by atoms with Crippen molar-refractivity contribution in [2.75, 3.05) is 10.6 Å². The summed E-state index contributed by atoms with van der Waals surface area (Å²) in [6, 6.07) is 5.06. The molecule has 2 N–H and O–H groups in total. The summed E-state index contributed by atoms with van der Waals surface area (Å²) in [6.07, 6.45) is 0. The number of carbonyl (C=O) groups is 1. The van der Waals surface area contributed by atoms with Crippen LogP contribution in [0, 0.1) is 19.7 Å². The van der Waals surface area contributed by atoms with Gasteiger partial charge in [-0.1, -0.05) is 17.2 Å². The van der Waals surface area contributed by atoms with Crippen molar-refractivity contribution < 1.29 is 13.6 Å². The van der Waals surface area contributed by atoms with Gasteiger partial charge in [-0.25, -0.2) is 14.2 Å². The molecule has 118 valence electrons. The van der Waals surface area contributed by atoms with E-state index in [0.29, 0.717) is 0 Å². The Balaban J connectivity index is 1.71. The fourth-order valence-electron chi connectivity index (χ4n) is 1.91. The predicted molar refractivity (Wildman–Crippen MR) is 83.9 cm³/mol. The summed E-state index contributed by atoms with van der Waals surface area (Å²) in [4.78, 5) is 16.8. The van der Waals surface area contributed by atoms with Gasteiger partial charge in [0, 0.05) is 0 Å². The number of rotatable bonds is 3. The van der Waals surface area contributed by atoms with Gasteiger partial charge < -0.3 is 9.73 Å². The van der Waals surface area contributed by atoms with E-state index in [-0.39, 0.29) is 17.6 Å². The minimum Gasteiger partial charge on any atom is -0.402 e. The monoisotopic (exact) mass is 333 g/mol. The Morgan fingerprint density at radius 1 is 1.22 bits per heavy atom. The van der Waals surface area contributed by atoms with Gasteiger partial charge in [-0.2, -0.15) is 0 Å². The van der Waals surface area contributed by atoms with E-state index in [0.717, 1.165) is 15.6 Å². The number of hydrogen-bond donors (Lipinski definition) is 2. The lowest BCUT2D eigenvalue weighted by molar-refractivity contribution is 0.261. The second kappa shape index (κ2) is 6.13. The maximum absolute atomic E-state index is 13.5. The largest absolute Gasteiger partial charge is 0.402 e. The third-order valence-corrected chi connectivity index (χ3v) is 3.93. The summed E-state index contributed by atoms with van der Waals surface area (Å²) < 4.78 is 18.8. The summed E-state index contributed by atoms with van der Waals surface area (Å²) in [5.41, 5.74) is 0.831. The highest BCUT2D eigenvalue weighted by molar-refractivity contribution is 7.15. The molecule has 0 atom stereocenters. The molecule has 0 unspecified atom stereocenters. The van der Waals surface area contributed by atoms with Crippen molar-refractivity contribution in [1.82, 2.24) is 15.2 Å². The number of benzene rings is 1. The zero-order valence-electron chi connectivity index (χ0n) is 12.3. The van der Waals surface area contributed by atoms with Gasteiger partial charge in [0.05, 0.1) is 16.4 Å². The molecule has 2 heterocycles. The number of urea groups is 1.